The zero-order valence-electron chi connectivity index (χ0n) is 13.1. The summed E-state index contributed by atoms with van der Waals surface area (Å²) in [5.74, 6) is 0.701. The number of hydrogen-bond donors (Lipinski definition) is 1. The Morgan fingerprint density at radius 1 is 1.13 bits per heavy atom. The highest BCUT2D eigenvalue weighted by Crippen LogP contribution is 2.19. The van der Waals surface area contributed by atoms with Crippen molar-refractivity contribution in [2.24, 2.45) is 0 Å². The quantitative estimate of drug-likeness (QED) is 0.945. The third-order valence-electron chi connectivity index (χ3n) is 3.84. The number of rotatable bonds is 3. The van der Waals surface area contributed by atoms with E-state index < -0.39 is 0 Å². The van der Waals surface area contributed by atoms with Crippen molar-refractivity contribution in [3.63, 3.8) is 0 Å². The van der Waals surface area contributed by atoms with Crippen molar-refractivity contribution < 1.29 is 9.18 Å². The van der Waals surface area contributed by atoms with Gasteiger partial charge in [-0.05, 0) is 50.5 Å². The van der Waals surface area contributed by atoms with Gasteiger partial charge in [-0.25, -0.2) is 14.4 Å². The average Bonchev–Trinajstić information content (AvgIpc) is 2.57. The molecule has 6 heteroatoms. The Labute approximate surface area is 134 Å². The van der Waals surface area contributed by atoms with Crippen LogP contribution in [0, 0.1) is 12.7 Å². The molecule has 0 spiro atoms. The second-order valence-electron chi connectivity index (χ2n) is 5.67. The summed E-state index contributed by atoms with van der Waals surface area (Å²) in [7, 11) is 0. The summed E-state index contributed by atoms with van der Waals surface area (Å²) < 4.78 is 12.9. The Morgan fingerprint density at radius 3 is 2.52 bits per heavy atom. The van der Waals surface area contributed by atoms with Gasteiger partial charge in [0.15, 0.2) is 0 Å². The van der Waals surface area contributed by atoms with E-state index in [0.29, 0.717) is 17.2 Å². The van der Waals surface area contributed by atoms with Gasteiger partial charge in [0.2, 0.25) is 0 Å². The molecule has 120 valence electrons. The van der Waals surface area contributed by atoms with Crippen molar-refractivity contribution in [2.45, 2.75) is 26.2 Å². The van der Waals surface area contributed by atoms with Gasteiger partial charge >= 0.3 is 0 Å². The topological polar surface area (TPSA) is 58.1 Å². The summed E-state index contributed by atoms with van der Waals surface area (Å²) in [6.07, 6.45) is 3.51. The van der Waals surface area contributed by atoms with E-state index in [1.165, 1.54) is 30.7 Å². The van der Waals surface area contributed by atoms with E-state index in [0.717, 1.165) is 31.7 Å². The first-order valence-electron chi connectivity index (χ1n) is 7.79. The van der Waals surface area contributed by atoms with Crippen LogP contribution in [-0.4, -0.2) is 29.0 Å². The van der Waals surface area contributed by atoms with Crippen LogP contribution in [0.3, 0.4) is 0 Å². The maximum absolute atomic E-state index is 12.9. The third kappa shape index (κ3) is 3.83. The zero-order valence-corrected chi connectivity index (χ0v) is 13.1. The highest BCUT2D eigenvalue weighted by Gasteiger charge is 2.16. The number of aromatic nitrogens is 2. The molecular formula is C17H19FN4O. The zero-order chi connectivity index (χ0) is 16.2. The minimum Gasteiger partial charge on any atom is -0.356 e. The van der Waals surface area contributed by atoms with Gasteiger partial charge < -0.3 is 10.2 Å². The molecule has 1 N–H and O–H groups in total. The van der Waals surface area contributed by atoms with Crippen molar-refractivity contribution in [1.29, 1.82) is 0 Å². The van der Waals surface area contributed by atoms with Crippen molar-refractivity contribution in [2.75, 3.05) is 23.3 Å². The van der Waals surface area contributed by atoms with Crippen LogP contribution in [0.15, 0.2) is 30.3 Å². The molecule has 3 rings (SSSR count). The molecule has 1 amide bonds. The van der Waals surface area contributed by atoms with Gasteiger partial charge in [-0.1, -0.05) is 0 Å². The number of carbonyl (C=O) groups is 1. The molecule has 23 heavy (non-hydrogen) atoms. The minimum atomic E-state index is -0.340. The van der Waals surface area contributed by atoms with E-state index in [9.17, 15) is 9.18 Å². The number of halogens is 1. The molecule has 1 aromatic carbocycles. The Kier molecular flexibility index (Phi) is 4.50. The van der Waals surface area contributed by atoms with Gasteiger partial charge in [0.05, 0.1) is 0 Å². The number of piperidine rings is 1. The van der Waals surface area contributed by atoms with Crippen LogP contribution in [0.5, 0.6) is 0 Å². The molecule has 1 aliphatic heterocycles. The highest BCUT2D eigenvalue weighted by molar-refractivity contribution is 6.03. The number of hydrogen-bond acceptors (Lipinski definition) is 4. The smallest absolute Gasteiger partial charge is 0.274 e. The lowest BCUT2D eigenvalue weighted by Crippen LogP contribution is -2.31. The van der Waals surface area contributed by atoms with Crippen molar-refractivity contribution in [1.82, 2.24) is 9.97 Å². The fourth-order valence-corrected chi connectivity index (χ4v) is 2.68. The number of carbonyl (C=O) groups excluding carboxylic acids is 1. The van der Waals surface area contributed by atoms with Crippen LogP contribution < -0.4 is 10.2 Å². The molecule has 5 nitrogen and oxygen atoms in total. The molecule has 0 unspecified atom stereocenters. The van der Waals surface area contributed by atoms with Crippen LogP contribution in [0.2, 0.25) is 0 Å². The summed E-state index contributed by atoms with van der Waals surface area (Å²) in [5, 5.41) is 2.73. The third-order valence-corrected chi connectivity index (χ3v) is 3.84. The summed E-state index contributed by atoms with van der Waals surface area (Å²) >= 11 is 0. The molecule has 1 aromatic heterocycles. The Bertz CT molecular complexity index is 696. The van der Waals surface area contributed by atoms with Gasteiger partial charge in [0.25, 0.3) is 5.91 Å². The van der Waals surface area contributed by atoms with Gasteiger partial charge in [-0.3, -0.25) is 4.79 Å². The molecule has 0 saturated carbocycles. The number of nitrogens with one attached hydrogen (secondary N) is 1. The molecule has 2 heterocycles. The SMILES string of the molecule is Cc1nc(C(=O)Nc2ccc(F)cc2)cc(N2CCCCC2)n1. The molecule has 0 radical (unpaired) electrons. The lowest BCUT2D eigenvalue weighted by atomic mass is 10.1. The summed E-state index contributed by atoms with van der Waals surface area (Å²) in [4.78, 5) is 23.2. The summed E-state index contributed by atoms with van der Waals surface area (Å²) in [5.41, 5.74) is 0.856. The molecule has 1 saturated heterocycles. The van der Waals surface area contributed by atoms with Gasteiger partial charge in [0, 0.05) is 24.8 Å². The molecule has 2 aromatic rings. The second kappa shape index (κ2) is 6.73. The number of aryl methyl sites for hydroxylation is 1. The normalized spacial score (nSPS) is 14.6. The molecule has 0 bridgehead atoms. The average molecular weight is 314 g/mol. The maximum Gasteiger partial charge on any atom is 0.274 e. The molecule has 1 fully saturated rings. The fourth-order valence-electron chi connectivity index (χ4n) is 2.68. The molecule has 0 atom stereocenters. The Hall–Kier alpha value is -2.50. The predicted octanol–water partition coefficient (Wildman–Crippen LogP) is 3.17. The summed E-state index contributed by atoms with van der Waals surface area (Å²) in [6.45, 7) is 3.69. The monoisotopic (exact) mass is 314 g/mol. The lowest BCUT2D eigenvalue weighted by Gasteiger charge is -2.28. The van der Waals surface area contributed by atoms with Crippen molar-refractivity contribution in [3.8, 4) is 0 Å². The molecule has 0 aliphatic carbocycles. The first kappa shape index (κ1) is 15.4. The highest BCUT2D eigenvalue weighted by atomic mass is 19.1. The number of nitrogens with zero attached hydrogens (tertiary/aromatic N) is 3. The lowest BCUT2D eigenvalue weighted by molar-refractivity contribution is 0.102. The minimum absolute atomic E-state index is 0.319. The van der Waals surface area contributed by atoms with Gasteiger partial charge in [-0.2, -0.15) is 0 Å². The number of benzene rings is 1. The van der Waals surface area contributed by atoms with E-state index >= 15 is 0 Å². The first-order valence-corrected chi connectivity index (χ1v) is 7.79. The second-order valence-corrected chi connectivity index (χ2v) is 5.67. The van der Waals surface area contributed by atoms with Crippen LogP contribution in [-0.2, 0) is 0 Å². The van der Waals surface area contributed by atoms with Crippen molar-refractivity contribution >= 4 is 17.4 Å². The number of amides is 1. The van der Waals surface area contributed by atoms with E-state index in [1.54, 1.807) is 13.0 Å². The standard InChI is InChI=1S/C17H19FN4O/c1-12-19-15(11-16(20-12)22-9-3-2-4-10-22)17(23)21-14-7-5-13(18)6-8-14/h5-8,11H,2-4,9-10H2,1H3,(H,21,23). The van der Waals surface area contributed by atoms with Crippen LogP contribution in [0.25, 0.3) is 0 Å². The van der Waals surface area contributed by atoms with Gasteiger partial charge in [-0.15, -0.1) is 0 Å². The van der Waals surface area contributed by atoms with E-state index in [4.69, 9.17) is 0 Å². The fraction of sp³-hybridized carbons (Fsp3) is 0.353. The Balaban J connectivity index is 1.79. The Morgan fingerprint density at radius 2 is 1.83 bits per heavy atom. The van der Waals surface area contributed by atoms with Crippen LogP contribution in [0.1, 0.15) is 35.6 Å². The van der Waals surface area contributed by atoms with E-state index in [-0.39, 0.29) is 11.7 Å². The van der Waals surface area contributed by atoms with Crippen LogP contribution >= 0.6 is 0 Å². The van der Waals surface area contributed by atoms with Crippen molar-refractivity contribution in [3.05, 3.63) is 47.7 Å². The van der Waals surface area contributed by atoms with E-state index in [2.05, 4.69) is 20.2 Å². The predicted molar refractivity (Wildman–Crippen MR) is 87.2 cm³/mol. The number of anilines is 2. The van der Waals surface area contributed by atoms with Gasteiger partial charge in [0.1, 0.15) is 23.2 Å². The first-order chi connectivity index (χ1) is 11.1. The van der Waals surface area contributed by atoms with E-state index in [1.807, 2.05) is 0 Å². The van der Waals surface area contributed by atoms with Crippen LogP contribution in [0.4, 0.5) is 15.9 Å². The summed E-state index contributed by atoms with van der Waals surface area (Å²) in [6, 6.07) is 7.37. The molecular weight excluding hydrogens is 295 g/mol. The largest absolute Gasteiger partial charge is 0.356 e. The molecule has 1 aliphatic rings. The maximum atomic E-state index is 12.9.